The molecule has 0 spiro atoms. The Morgan fingerprint density at radius 3 is 2.53 bits per heavy atom. The van der Waals surface area contributed by atoms with Gasteiger partial charge in [0.05, 0.1) is 5.56 Å². The summed E-state index contributed by atoms with van der Waals surface area (Å²) < 4.78 is 51.4. The summed E-state index contributed by atoms with van der Waals surface area (Å²) >= 11 is 0. The Morgan fingerprint density at radius 1 is 1.29 bits per heavy atom. The van der Waals surface area contributed by atoms with Gasteiger partial charge in [0.25, 0.3) is 0 Å². The van der Waals surface area contributed by atoms with E-state index in [0.29, 0.717) is 31.5 Å². The molecule has 1 atom stereocenters. The molecule has 2 N–H and O–H groups in total. The highest BCUT2D eigenvalue weighted by Crippen LogP contribution is 2.42. The van der Waals surface area contributed by atoms with E-state index < -0.39 is 29.3 Å². The fraction of sp³-hybridized carbons (Fsp3) is 0.455. The van der Waals surface area contributed by atoms with Crippen molar-refractivity contribution in [1.29, 1.82) is 0 Å². The molecule has 17 heavy (non-hydrogen) atoms. The lowest BCUT2D eigenvalue weighted by atomic mass is 9.97. The molecule has 6 heteroatoms. The maximum Gasteiger partial charge on any atom is 0.416 e. The van der Waals surface area contributed by atoms with E-state index in [1.54, 1.807) is 0 Å². The molecule has 1 aliphatic heterocycles. The molecule has 2 nitrogen and oxygen atoms in total. The fourth-order valence-electron chi connectivity index (χ4n) is 2.11. The number of benzene rings is 1. The van der Waals surface area contributed by atoms with E-state index in [-0.39, 0.29) is 5.56 Å². The quantitative estimate of drug-likeness (QED) is 0.750. The van der Waals surface area contributed by atoms with Crippen molar-refractivity contribution in [3.8, 4) is 5.75 Å². The first-order valence-electron chi connectivity index (χ1n) is 5.23. The zero-order valence-corrected chi connectivity index (χ0v) is 8.81. The molecule has 0 saturated carbocycles. The second-order valence-electron chi connectivity index (χ2n) is 4.00. The molecule has 0 unspecified atom stereocenters. The summed E-state index contributed by atoms with van der Waals surface area (Å²) in [5, 5.41) is 12.3. The standard InChI is InChI=1S/C11H11F4NO/c12-7-4-3-6(11(13,14)15)9(10(7)17)8-2-1-5-16-8/h3-4,8,16-17H,1-2,5H2/t8-/m1/s1. The lowest BCUT2D eigenvalue weighted by Gasteiger charge is -2.19. The second-order valence-corrected chi connectivity index (χ2v) is 4.00. The predicted molar refractivity (Wildman–Crippen MR) is 53.0 cm³/mol. The van der Waals surface area contributed by atoms with Crippen molar-refractivity contribution in [3.05, 3.63) is 29.1 Å². The highest BCUT2D eigenvalue weighted by molar-refractivity contribution is 5.44. The van der Waals surface area contributed by atoms with E-state index >= 15 is 0 Å². The van der Waals surface area contributed by atoms with Crippen LogP contribution in [0, 0.1) is 5.82 Å². The van der Waals surface area contributed by atoms with Gasteiger partial charge in [0.1, 0.15) is 0 Å². The third-order valence-corrected chi connectivity index (χ3v) is 2.88. The van der Waals surface area contributed by atoms with Crippen LogP contribution in [0.1, 0.15) is 30.0 Å². The molecule has 1 fully saturated rings. The molecule has 94 valence electrons. The van der Waals surface area contributed by atoms with Crippen LogP contribution in [-0.4, -0.2) is 11.7 Å². The molecule has 1 aromatic rings. The molecule has 0 aromatic heterocycles. The second kappa shape index (κ2) is 4.18. The lowest BCUT2D eigenvalue weighted by Crippen LogP contribution is -2.19. The summed E-state index contributed by atoms with van der Waals surface area (Å²) in [5.41, 5.74) is -1.36. The Hall–Kier alpha value is -1.30. The number of aromatic hydroxyl groups is 1. The van der Waals surface area contributed by atoms with Gasteiger partial charge in [0, 0.05) is 11.6 Å². The number of hydrogen-bond acceptors (Lipinski definition) is 2. The summed E-state index contributed by atoms with van der Waals surface area (Å²) in [7, 11) is 0. The summed E-state index contributed by atoms with van der Waals surface area (Å²) in [5.74, 6) is -1.93. The molecule has 0 aliphatic carbocycles. The van der Waals surface area contributed by atoms with Crippen LogP contribution in [0.3, 0.4) is 0 Å². The van der Waals surface area contributed by atoms with Gasteiger partial charge in [-0.25, -0.2) is 4.39 Å². The first-order valence-corrected chi connectivity index (χ1v) is 5.23. The zero-order valence-electron chi connectivity index (χ0n) is 8.81. The van der Waals surface area contributed by atoms with Crippen molar-refractivity contribution in [2.24, 2.45) is 0 Å². The number of hydrogen-bond donors (Lipinski definition) is 2. The minimum atomic E-state index is -4.59. The van der Waals surface area contributed by atoms with Gasteiger partial charge < -0.3 is 10.4 Å². The average molecular weight is 249 g/mol. The van der Waals surface area contributed by atoms with E-state index in [2.05, 4.69) is 5.32 Å². The molecule has 1 aliphatic rings. The van der Waals surface area contributed by atoms with Gasteiger partial charge >= 0.3 is 6.18 Å². The third kappa shape index (κ3) is 2.22. The van der Waals surface area contributed by atoms with Gasteiger partial charge in [0.15, 0.2) is 11.6 Å². The fourth-order valence-corrected chi connectivity index (χ4v) is 2.11. The van der Waals surface area contributed by atoms with Crippen molar-refractivity contribution in [3.63, 3.8) is 0 Å². The van der Waals surface area contributed by atoms with Crippen LogP contribution in [-0.2, 0) is 6.18 Å². The summed E-state index contributed by atoms with van der Waals surface area (Å²) in [6, 6.07) is 0.670. The monoisotopic (exact) mass is 249 g/mol. The van der Waals surface area contributed by atoms with Gasteiger partial charge in [-0.15, -0.1) is 0 Å². The largest absolute Gasteiger partial charge is 0.505 e. The molecular weight excluding hydrogens is 238 g/mol. The molecule has 0 bridgehead atoms. The summed E-state index contributed by atoms with van der Waals surface area (Å²) in [4.78, 5) is 0. The minimum Gasteiger partial charge on any atom is -0.505 e. The molecular formula is C11H11F4NO. The highest BCUT2D eigenvalue weighted by atomic mass is 19.4. The molecule has 2 rings (SSSR count). The number of phenolic OH excluding ortho intramolecular Hbond substituents is 1. The van der Waals surface area contributed by atoms with Gasteiger partial charge in [-0.2, -0.15) is 13.2 Å². The Labute approximate surface area is 95.3 Å². The van der Waals surface area contributed by atoms with Crippen LogP contribution in [0.4, 0.5) is 17.6 Å². The Bertz CT molecular complexity index is 424. The Kier molecular flexibility index (Phi) is 2.99. The van der Waals surface area contributed by atoms with Gasteiger partial charge in [-0.3, -0.25) is 0 Å². The first-order chi connectivity index (χ1) is 7.91. The number of rotatable bonds is 1. The average Bonchev–Trinajstić information content (AvgIpc) is 2.73. The first kappa shape index (κ1) is 12.2. The van der Waals surface area contributed by atoms with Crippen molar-refractivity contribution in [2.45, 2.75) is 25.1 Å². The maximum atomic E-state index is 13.2. The van der Waals surface area contributed by atoms with Crippen LogP contribution in [0.25, 0.3) is 0 Å². The van der Waals surface area contributed by atoms with Crippen LogP contribution in [0.15, 0.2) is 12.1 Å². The highest BCUT2D eigenvalue weighted by Gasteiger charge is 2.38. The van der Waals surface area contributed by atoms with E-state index in [1.165, 1.54) is 0 Å². The normalized spacial score (nSPS) is 20.8. The lowest BCUT2D eigenvalue weighted by molar-refractivity contribution is -0.138. The Balaban J connectivity index is 2.55. The summed E-state index contributed by atoms with van der Waals surface area (Å²) in [6.45, 7) is 0.567. The van der Waals surface area contributed by atoms with Crippen molar-refractivity contribution in [2.75, 3.05) is 6.54 Å². The topological polar surface area (TPSA) is 32.3 Å². The molecule has 1 heterocycles. The van der Waals surface area contributed by atoms with Crippen molar-refractivity contribution in [1.82, 2.24) is 5.32 Å². The van der Waals surface area contributed by atoms with Crippen LogP contribution < -0.4 is 5.32 Å². The number of halogens is 4. The van der Waals surface area contributed by atoms with E-state index in [9.17, 15) is 22.7 Å². The predicted octanol–water partition coefficient (Wildman–Crippen LogP) is 2.97. The van der Waals surface area contributed by atoms with Gasteiger partial charge in [-0.05, 0) is 31.5 Å². The molecule has 1 aromatic carbocycles. The smallest absolute Gasteiger partial charge is 0.416 e. The molecule has 0 radical (unpaired) electrons. The van der Waals surface area contributed by atoms with Gasteiger partial charge in [0.2, 0.25) is 0 Å². The minimum absolute atomic E-state index is 0.380. The number of phenols is 1. The third-order valence-electron chi connectivity index (χ3n) is 2.88. The van der Waals surface area contributed by atoms with Crippen LogP contribution in [0.5, 0.6) is 5.75 Å². The van der Waals surface area contributed by atoms with Crippen molar-refractivity contribution < 1.29 is 22.7 Å². The Morgan fingerprint density at radius 2 is 2.00 bits per heavy atom. The van der Waals surface area contributed by atoms with E-state index in [4.69, 9.17) is 0 Å². The van der Waals surface area contributed by atoms with Gasteiger partial charge in [-0.1, -0.05) is 0 Å². The van der Waals surface area contributed by atoms with E-state index in [0.717, 1.165) is 0 Å². The van der Waals surface area contributed by atoms with Crippen LogP contribution >= 0.6 is 0 Å². The SMILES string of the molecule is Oc1c(F)ccc(C(F)(F)F)c1[C@H]1CCCN1. The zero-order chi connectivity index (χ0) is 12.6. The molecule has 1 saturated heterocycles. The number of nitrogens with one attached hydrogen (secondary N) is 1. The van der Waals surface area contributed by atoms with Crippen LogP contribution in [0.2, 0.25) is 0 Å². The van der Waals surface area contributed by atoms with Crippen molar-refractivity contribution >= 4 is 0 Å². The maximum absolute atomic E-state index is 13.2. The molecule has 0 amide bonds. The number of alkyl halides is 3. The van der Waals surface area contributed by atoms with E-state index in [1.807, 2.05) is 0 Å². The summed E-state index contributed by atoms with van der Waals surface area (Å²) in [6.07, 6.45) is -3.43.